The summed E-state index contributed by atoms with van der Waals surface area (Å²) < 4.78 is 1.22. The summed E-state index contributed by atoms with van der Waals surface area (Å²) in [4.78, 5) is 6.49. The van der Waals surface area contributed by atoms with Gasteiger partial charge in [0, 0.05) is 33.2 Å². The molecule has 0 aliphatic carbocycles. The molecule has 2 heterocycles. The predicted octanol–water partition coefficient (Wildman–Crippen LogP) is 4.05. The van der Waals surface area contributed by atoms with Crippen LogP contribution in [-0.4, -0.2) is 16.6 Å². The number of hydrogen-bond acceptors (Lipinski definition) is 5. The summed E-state index contributed by atoms with van der Waals surface area (Å²) in [5, 5.41) is 16.0. The minimum absolute atomic E-state index is 0.209. The number of fused-ring (bicyclic) bond motifs is 1. The first-order valence-electron chi connectivity index (χ1n) is 6.96. The van der Waals surface area contributed by atoms with Crippen LogP contribution in [0, 0.1) is 6.92 Å². The zero-order valence-corrected chi connectivity index (χ0v) is 13.7. The van der Waals surface area contributed by atoms with E-state index in [-0.39, 0.29) is 6.04 Å². The van der Waals surface area contributed by atoms with Crippen molar-refractivity contribution >= 4 is 32.8 Å². The fraction of sp³-hybridized carbons (Fsp3) is 0.312. The Balaban J connectivity index is 1.64. The molecule has 5 heteroatoms. The summed E-state index contributed by atoms with van der Waals surface area (Å²) in [6, 6.07) is 10.5. The zero-order valence-electron chi connectivity index (χ0n) is 12.0. The molecule has 1 aromatic carbocycles. The van der Waals surface area contributed by atoms with Crippen LogP contribution in [0.15, 0.2) is 36.5 Å². The largest absolute Gasteiger partial charge is 0.386 e. The maximum Gasteiger partial charge on any atom is 0.101 e. The molecule has 0 spiro atoms. The standard InChI is InChI=1S/C16H18N2OS2/c1-10(16-9-18-11(2)20-16)17-8-13(19)15-7-12-5-3-4-6-14(12)21-15/h3-7,9-10,13,17,19H,8H2,1-2H3. The minimum Gasteiger partial charge on any atom is -0.386 e. The third kappa shape index (κ3) is 3.32. The van der Waals surface area contributed by atoms with Gasteiger partial charge >= 0.3 is 0 Å². The molecule has 0 aliphatic heterocycles. The van der Waals surface area contributed by atoms with Crippen LogP contribution in [0.4, 0.5) is 0 Å². The predicted molar refractivity (Wildman–Crippen MR) is 90.1 cm³/mol. The van der Waals surface area contributed by atoms with Crippen LogP contribution >= 0.6 is 22.7 Å². The molecule has 2 N–H and O–H groups in total. The van der Waals surface area contributed by atoms with Gasteiger partial charge in [-0.05, 0) is 31.4 Å². The lowest BCUT2D eigenvalue weighted by Crippen LogP contribution is -2.23. The molecule has 3 aromatic rings. The van der Waals surface area contributed by atoms with Crippen molar-refractivity contribution < 1.29 is 5.11 Å². The Kier molecular flexibility index (Phi) is 4.35. The highest BCUT2D eigenvalue weighted by atomic mass is 32.1. The van der Waals surface area contributed by atoms with Gasteiger partial charge in [0.25, 0.3) is 0 Å². The van der Waals surface area contributed by atoms with Crippen molar-refractivity contribution in [2.45, 2.75) is 26.0 Å². The maximum atomic E-state index is 10.4. The lowest BCUT2D eigenvalue weighted by Gasteiger charge is -2.14. The molecule has 0 bridgehead atoms. The summed E-state index contributed by atoms with van der Waals surface area (Å²) in [5.74, 6) is 0. The second-order valence-electron chi connectivity index (χ2n) is 5.11. The molecule has 0 saturated heterocycles. The number of nitrogens with zero attached hydrogens (tertiary/aromatic N) is 1. The molecule has 110 valence electrons. The van der Waals surface area contributed by atoms with E-state index in [1.165, 1.54) is 15.0 Å². The molecule has 2 unspecified atom stereocenters. The number of nitrogens with one attached hydrogen (secondary N) is 1. The van der Waals surface area contributed by atoms with Crippen LogP contribution < -0.4 is 5.32 Å². The Morgan fingerprint density at radius 3 is 2.76 bits per heavy atom. The van der Waals surface area contributed by atoms with Crippen molar-refractivity contribution in [1.82, 2.24) is 10.3 Å². The molecule has 0 amide bonds. The first-order valence-corrected chi connectivity index (χ1v) is 8.59. The van der Waals surface area contributed by atoms with E-state index in [4.69, 9.17) is 0 Å². The number of aromatic nitrogens is 1. The quantitative estimate of drug-likeness (QED) is 0.746. The summed E-state index contributed by atoms with van der Waals surface area (Å²) in [6.45, 7) is 4.66. The third-order valence-electron chi connectivity index (χ3n) is 3.46. The fourth-order valence-corrected chi connectivity index (χ4v) is 4.10. The number of aliphatic hydroxyl groups is 1. The number of thiophene rings is 1. The zero-order chi connectivity index (χ0) is 14.8. The van der Waals surface area contributed by atoms with Crippen LogP contribution in [0.5, 0.6) is 0 Å². The van der Waals surface area contributed by atoms with E-state index in [0.29, 0.717) is 6.54 Å². The topological polar surface area (TPSA) is 45.2 Å². The van der Waals surface area contributed by atoms with Gasteiger partial charge < -0.3 is 10.4 Å². The first-order chi connectivity index (χ1) is 10.1. The van der Waals surface area contributed by atoms with E-state index in [0.717, 1.165) is 9.88 Å². The van der Waals surface area contributed by atoms with Crippen LogP contribution in [0.1, 0.15) is 33.8 Å². The average Bonchev–Trinajstić information content (AvgIpc) is 3.10. The smallest absolute Gasteiger partial charge is 0.101 e. The number of hydrogen-bond donors (Lipinski definition) is 2. The lowest BCUT2D eigenvalue weighted by molar-refractivity contribution is 0.174. The number of thiazole rings is 1. The van der Waals surface area contributed by atoms with Gasteiger partial charge in [-0.2, -0.15) is 0 Å². The van der Waals surface area contributed by atoms with E-state index in [2.05, 4.69) is 35.4 Å². The van der Waals surface area contributed by atoms with Crippen LogP contribution in [0.3, 0.4) is 0 Å². The molecule has 2 atom stereocenters. The van der Waals surface area contributed by atoms with Gasteiger partial charge in [-0.3, -0.25) is 0 Å². The minimum atomic E-state index is -0.473. The van der Waals surface area contributed by atoms with Crippen LogP contribution in [0.2, 0.25) is 0 Å². The molecule has 0 radical (unpaired) electrons. The van der Waals surface area contributed by atoms with E-state index in [9.17, 15) is 5.11 Å². The van der Waals surface area contributed by atoms with Crippen LogP contribution in [-0.2, 0) is 0 Å². The molecule has 3 rings (SSSR count). The van der Waals surface area contributed by atoms with Gasteiger partial charge in [0.05, 0.1) is 5.01 Å². The maximum absolute atomic E-state index is 10.4. The number of rotatable bonds is 5. The van der Waals surface area contributed by atoms with Gasteiger partial charge in [-0.1, -0.05) is 18.2 Å². The molecule has 21 heavy (non-hydrogen) atoms. The Morgan fingerprint density at radius 2 is 2.05 bits per heavy atom. The molecule has 3 nitrogen and oxygen atoms in total. The number of aryl methyl sites for hydroxylation is 1. The van der Waals surface area contributed by atoms with Gasteiger partial charge in [-0.15, -0.1) is 22.7 Å². The van der Waals surface area contributed by atoms with Gasteiger partial charge in [0.2, 0.25) is 0 Å². The summed E-state index contributed by atoms with van der Waals surface area (Å²) in [7, 11) is 0. The van der Waals surface area contributed by atoms with Gasteiger partial charge in [-0.25, -0.2) is 4.98 Å². The Hall–Kier alpha value is -1.27. The summed E-state index contributed by atoms with van der Waals surface area (Å²) in [6.07, 6.45) is 1.43. The van der Waals surface area contributed by atoms with E-state index in [1.54, 1.807) is 22.7 Å². The third-order valence-corrected chi connectivity index (χ3v) is 5.77. The highest BCUT2D eigenvalue weighted by molar-refractivity contribution is 7.19. The van der Waals surface area contributed by atoms with E-state index >= 15 is 0 Å². The second-order valence-corrected chi connectivity index (χ2v) is 7.50. The monoisotopic (exact) mass is 318 g/mol. The van der Waals surface area contributed by atoms with Gasteiger partial charge in [0.15, 0.2) is 0 Å². The van der Waals surface area contributed by atoms with Crippen molar-refractivity contribution in [2.75, 3.05) is 6.54 Å². The normalized spacial score (nSPS) is 14.4. The molecular formula is C16H18N2OS2. The van der Waals surface area contributed by atoms with E-state index < -0.39 is 6.10 Å². The Bertz CT molecular complexity index is 702. The SMILES string of the molecule is Cc1ncc(C(C)NCC(O)c2cc3ccccc3s2)s1. The highest BCUT2D eigenvalue weighted by Crippen LogP contribution is 2.30. The van der Waals surface area contributed by atoms with Crippen molar-refractivity contribution in [3.8, 4) is 0 Å². The summed E-state index contributed by atoms with van der Waals surface area (Å²) >= 11 is 3.35. The van der Waals surface area contributed by atoms with Crippen molar-refractivity contribution in [2.24, 2.45) is 0 Å². The molecule has 0 aliphatic rings. The summed E-state index contributed by atoms with van der Waals surface area (Å²) in [5.41, 5.74) is 0. The molecule has 2 aromatic heterocycles. The Morgan fingerprint density at radius 1 is 1.24 bits per heavy atom. The molecular weight excluding hydrogens is 300 g/mol. The van der Waals surface area contributed by atoms with Crippen molar-refractivity contribution in [3.05, 3.63) is 51.3 Å². The van der Waals surface area contributed by atoms with Gasteiger partial charge in [0.1, 0.15) is 6.10 Å². The molecule has 0 saturated carbocycles. The lowest BCUT2D eigenvalue weighted by atomic mass is 10.2. The fourth-order valence-electron chi connectivity index (χ4n) is 2.23. The number of benzene rings is 1. The van der Waals surface area contributed by atoms with E-state index in [1.807, 2.05) is 25.3 Å². The molecule has 0 fully saturated rings. The van der Waals surface area contributed by atoms with Crippen molar-refractivity contribution in [3.63, 3.8) is 0 Å². The van der Waals surface area contributed by atoms with Crippen LogP contribution in [0.25, 0.3) is 10.1 Å². The average molecular weight is 318 g/mol. The highest BCUT2D eigenvalue weighted by Gasteiger charge is 2.14. The Labute approximate surface area is 132 Å². The van der Waals surface area contributed by atoms with Crippen molar-refractivity contribution in [1.29, 1.82) is 0 Å². The number of aliphatic hydroxyl groups excluding tert-OH is 1. The first kappa shape index (κ1) is 14.7. The second kappa shape index (κ2) is 6.23.